The summed E-state index contributed by atoms with van der Waals surface area (Å²) < 4.78 is 27.1. The van der Waals surface area contributed by atoms with Crippen molar-refractivity contribution in [2.24, 2.45) is 5.73 Å². The van der Waals surface area contributed by atoms with E-state index in [2.05, 4.69) is 16.6 Å². The summed E-state index contributed by atoms with van der Waals surface area (Å²) in [6.45, 7) is 3.02. The molecule has 1 aromatic rings. The van der Waals surface area contributed by atoms with Gasteiger partial charge in [-0.3, -0.25) is 0 Å². The lowest BCUT2D eigenvalue weighted by Gasteiger charge is -2.12. The van der Waals surface area contributed by atoms with Crippen LogP contribution in [0.15, 0.2) is 23.1 Å². The number of nitrogens with two attached hydrogens (primary N) is 1. The molecule has 0 radical (unpaired) electrons. The average Bonchev–Trinajstić information content (AvgIpc) is 2.36. The molecule has 0 bridgehead atoms. The van der Waals surface area contributed by atoms with Crippen LogP contribution in [0.25, 0.3) is 0 Å². The van der Waals surface area contributed by atoms with Crippen molar-refractivity contribution in [3.63, 3.8) is 0 Å². The van der Waals surface area contributed by atoms with Crippen molar-refractivity contribution in [1.82, 2.24) is 9.62 Å². The molecule has 0 aliphatic heterocycles. The van der Waals surface area contributed by atoms with E-state index in [-0.39, 0.29) is 11.4 Å². The Balaban J connectivity index is 2.98. The molecule has 0 aromatic heterocycles. The van der Waals surface area contributed by atoms with E-state index in [1.165, 1.54) is 0 Å². The number of benzene rings is 1. The summed E-state index contributed by atoms with van der Waals surface area (Å²) in [5, 5.41) is 0. The fraction of sp³-hybridized carbons (Fsp3) is 0.429. The molecule has 6 heteroatoms. The Bertz CT molecular complexity index is 613. The summed E-state index contributed by atoms with van der Waals surface area (Å²) in [4.78, 5) is 2.18. The molecule has 0 aliphatic carbocycles. The normalized spacial score (nSPS) is 11.2. The second-order valence-corrected chi connectivity index (χ2v) is 6.42. The molecule has 1 aromatic carbocycles. The molecule has 0 spiro atoms. The molecule has 0 atom stereocenters. The topological polar surface area (TPSA) is 75.4 Å². The lowest BCUT2D eigenvalue weighted by atomic mass is 10.1. The average molecular weight is 295 g/mol. The van der Waals surface area contributed by atoms with Gasteiger partial charge in [0.15, 0.2) is 0 Å². The van der Waals surface area contributed by atoms with Crippen LogP contribution in [0.5, 0.6) is 0 Å². The number of aryl methyl sites for hydroxylation is 1. The first-order valence-corrected chi connectivity index (χ1v) is 7.79. The maximum absolute atomic E-state index is 12.3. The number of nitrogens with zero attached hydrogens (tertiary/aromatic N) is 1. The molecule has 0 saturated heterocycles. The Morgan fingerprint density at radius 3 is 2.65 bits per heavy atom. The number of rotatable bonds is 5. The predicted molar refractivity (Wildman–Crippen MR) is 80.9 cm³/mol. The highest BCUT2D eigenvalue weighted by Gasteiger charge is 2.16. The molecule has 110 valence electrons. The first-order valence-electron chi connectivity index (χ1n) is 6.31. The second-order valence-electron chi connectivity index (χ2n) is 4.69. The smallest absolute Gasteiger partial charge is 0.240 e. The minimum atomic E-state index is -3.51. The first kappa shape index (κ1) is 16.7. The van der Waals surface area contributed by atoms with Crippen molar-refractivity contribution >= 4 is 10.0 Å². The molecular weight excluding hydrogens is 274 g/mol. The van der Waals surface area contributed by atoms with Gasteiger partial charge in [-0.05, 0) is 38.7 Å². The van der Waals surface area contributed by atoms with Gasteiger partial charge in [0.1, 0.15) is 0 Å². The van der Waals surface area contributed by atoms with Crippen LogP contribution in [0, 0.1) is 18.8 Å². The van der Waals surface area contributed by atoms with Gasteiger partial charge in [0.05, 0.1) is 11.4 Å². The van der Waals surface area contributed by atoms with E-state index in [4.69, 9.17) is 5.73 Å². The van der Waals surface area contributed by atoms with Crippen LogP contribution >= 0.6 is 0 Å². The lowest BCUT2D eigenvalue weighted by molar-refractivity contribution is 0.412. The molecule has 3 N–H and O–H groups in total. The van der Waals surface area contributed by atoms with Crippen LogP contribution < -0.4 is 10.5 Å². The van der Waals surface area contributed by atoms with Crippen molar-refractivity contribution in [2.45, 2.75) is 11.8 Å². The monoisotopic (exact) mass is 295 g/mol. The van der Waals surface area contributed by atoms with E-state index in [1.54, 1.807) is 25.1 Å². The molecule has 1 rings (SSSR count). The summed E-state index contributed by atoms with van der Waals surface area (Å²) in [5.74, 6) is 5.56. The maximum atomic E-state index is 12.3. The number of sulfonamides is 1. The van der Waals surface area contributed by atoms with Crippen LogP contribution in [0.2, 0.25) is 0 Å². The van der Waals surface area contributed by atoms with Crippen LogP contribution in [0.1, 0.15) is 11.1 Å². The molecule has 20 heavy (non-hydrogen) atoms. The van der Waals surface area contributed by atoms with Crippen LogP contribution in [-0.4, -0.2) is 47.0 Å². The quantitative estimate of drug-likeness (QED) is 0.758. The Morgan fingerprint density at radius 1 is 1.35 bits per heavy atom. The van der Waals surface area contributed by atoms with E-state index in [9.17, 15) is 8.42 Å². The number of likely N-dealkylation sites (N-methyl/N-ethyl adjacent to an activating group) is 1. The van der Waals surface area contributed by atoms with E-state index >= 15 is 0 Å². The van der Waals surface area contributed by atoms with Gasteiger partial charge in [0.2, 0.25) is 10.0 Å². The van der Waals surface area contributed by atoms with Crippen molar-refractivity contribution in [3.8, 4) is 11.8 Å². The first-order chi connectivity index (χ1) is 9.36. The van der Waals surface area contributed by atoms with Crippen LogP contribution in [0.3, 0.4) is 0 Å². The van der Waals surface area contributed by atoms with Gasteiger partial charge in [-0.25, -0.2) is 13.1 Å². The Kier molecular flexibility index (Phi) is 6.17. The van der Waals surface area contributed by atoms with E-state index in [1.807, 2.05) is 19.0 Å². The lowest BCUT2D eigenvalue weighted by Crippen LogP contribution is -2.31. The summed E-state index contributed by atoms with van der Waals surface area (Å²) in [6.07, 6.45) is 0. The third kappa shape index (κ3) is 4.94. The van der Waals surface area contributed by atoms with Crippen LogP contribution in [0.4, 0.5) is 0 Å². The van der Waals surface area contributed by atoms with Crippen molar-refractivity contribution in [2.75, 3.05) is 33.7 Å². The third-order valence-corrected chi connectivity index (χ3v) is 4.27. The zero-order chi connectivity index (χ0) is 15.2. The van der Waals surface area contributed by atoms with Crippen molar-refractivity contribution in [1.29, 1.82) is 0 Å². The molecule has 0 heterocycles. The summed E-state index contributed by atoms with van der Waals surface area (Å²) >= 11 is 0. The molecular formula is C14H21N3O2S. The Labute approximate surface area is 121 Å². The van der Waals surface area contributed by atoms with E-state index < -0.39 is 10.0 Å². The maximum Gasteiger partial charge on any atom is 0.240 e. The van der Waals surface area contributed by atoms with Gasteiger partial charge in [0.25, 0.3) is 0 Å². The number of hydrogen-bond donors (Lipinski definition) is 2. The minimum Gasteiger partial charge on any atom is -0.320 e. The highest BCUT2D eigenvalue weighted by molar-refractivity contribution is 7.89. The SMILES string of the molecule is Cc1ccc(C#CCN)cc1S(=O)(=O)NCCN(C)C. The fourth-order valence-corrected chi connectivity index (χ4v) is 2.89. The van der Waals surface area contributed by atoms with Gasteiger partial charge in [-0.1, -0.05) is 17.9 Å². The van der Waals surface area contributed by atoms with E-state index in [0.29, 0.717) is 24.2 Å². The van der Waals surface area contributed by atoms with Crippen LogP contribution in [-0.2, 0) is 10.0 Å². The largest absolute Gasteiger partial charge is 0.320 e. The summed E-state index contributed by atoms with van der Waals surface area (Å²) in [5.41, 5.74) is 6.66. The molecule has 0 saturated carbocycles. The van der Waals surface area contributed by atoms with Gasteiger partial charge < -0.3 is 10.6 Å². The predicted octanol–water partition coefficient (Wildman–Crippen LogP) is 0.145. The van der Waals surface area contributed by atoms with Crippen molar-refractivity contribution in [3.05, 3.63) is 29.3 Å². The van der Waals surface area contributed by atoms with Gasteiger partial charge in [-0.15, -0.1) is 0 Å². The summed E-state index contributed by atoms with van der Waals surface area (Å²) in [7, 11) is 0.273. The van der Waals surface area contributed by atoms with Crippen molar-refractivity contribution < 1.29 is 8.42 Å². The summed E-state index contributed by atoms with van der Waals surface area (Å²) in [6, 6.07) is 5.12. The zero-order valence-electron chi connectivity index (χ0n) is 12.1. The Hall–Kier alpha value is -1.39. The highest BCUT2D eigenvalue weighted by Crippen LogP contribution is 2.16. The second kappa shape index (κ2) is 7.41. The van der Waals surface area contributed by atoms with Gasteiger partial charge >= 0.3 is 0 Å². The molecule has 0 unspecified atom stereocenters. The number of nitrogens with one attached hydrogen (secondary N) is 1. The molecule has 0 fully saturated rings. The molecule has 0 amide bonds. The highest BCUT2D eigenvalue weighted by atomic mass is 32.2. The number of hydrogen-bond acceptors (Lipinski definition) is 4. The van der Waals surface area contributed by atoms with Gasteiger partial charge in [0, 0.05) is 18.7 Å². The third-order valence-electron chi connectivity index (χ3n) is 2.66. The van der Waals surface area contributed by atoms with Gasteiger partial charge in [-0.2, -0.15) is 0 Å². The molecule has 0 aliphatic rings. The standard InChI is InChI=1S/C14H21N3O2S/c1-12-6-7-13(5-4-8-15)11-14(12)20(18,19)16-9-10-17(2)3/h6-7,11,16H,8-10,15H2,1-3H3. The molecule has 5 nitrogen and oxygen atoms in total. The fourth-order valence-electron chi connectivity index (χ4n) is 1.60. The Morgan fingerprint density at radius 2 is 2.05 bits per heavy atom. The zero-order valence-corrected chi connectivity index (χ0v) is 12.9. The van der Waals surface area contributed by atoms with E-state index in [0.717, 1.165) is 0 Å². The minimum absolute atomic E-state index is 0.247.